The van der Waals surface area contributed by atoms with Crippen molar-refractivity contribution in [3.63, 3.8) is 0 Å². The largest absolute Gasteiger partial charge is 0.319 e. The van der Waals surface area contributed by atoms with Crippen LogP contribution in [0.25, 0.3) is 0 Å². The average molecular weight is 489 g/mol. The summed E-state index contributed by atoms with van der Waals surface area (Å²) in [6.07, 6.45) is 13.9. The van der Waals surface area contributed by atoms with Crippen molar-refractivity contribution in [3.8, 4) is 0 Å². The Labute approximate surface area is 180 Å². The summed E-state index contributed by atoms with van der Waals surface area (Å²) in [5, 5.41) is 6.93. The molecule has 0 aliphatic rings. The minimum absolute atomic E-state index is 0.117. The Hall–Kier alpha value is -0.260. The molecule has 0 heterocycles. The van der Waals surface area contributed by atoms with Crippen LogP contribution in [0.4, 0.5) is 0 Å². The summed E-state index contributed by atoms with van der Waals surface area (Å²) in [6, 6.07) is 0. The Kier molecular flexibility index (Phi) is 17.6. The number of hydrogen-bond donors (Lipinski definition) is 2. The second kappa shape index (κ2) is 17.8. The molecule has 0 saturated carbocycles. The zero-order valence-electron chi connectivity index (χ0n) is 18.8. The first-order chi connectivity index (χ1) is 13.1. The van der Waals surface area contributed by atoms with Gasteiger partial charge >= 0.3 is 0 Å². The van der Waals surface area contributed by atoms with E-state index in [9.17, 15) is 0 Å². The van der Waals surface area contributed by atoms with Crippen LogP contribution in [0.1, 0.15) is 73.1 Å². The third-order valence-electron chi connectivity index (χ3n) is 4.79. The molecule has 0 aromatic rings. The van der Waals surface area contributed by atoms with Gasteiger partial charge in [0.25, 0.3) is 0 Å². The summed E-state index contributed by atoms with van der Waals surface area (Å²) in [7, 11) is 2.07. The molecule has 0 amide bonds. The van der Waals surface area contributed by atoms with Gasteiger partial charge in [0.2, 0.25) is 0 Å². The summed E-state index contributed by atoms with van der Waals surface area (Å²) >= 11 is 0.117. The van der Waals surface area contributed by atoms with Gasteiger partial charge in [-0.2, -0.15) is 0 Å². The number of allylic oxidation sites excluding steroid dienone is 4. The fraction of sp³-hybridized carbons (Fsp3) is 0.708. The van der Waals surface area contributed by atoms with Gasteiger partial charge in [-0.15, -0.1) is 27.3 Å². The van der Waals surface area contributed by atoms with Crippen molar-refractivity contribution in [2.45, 2.75) is 77.1 Å². The van der Waals surface area contributed by atoms with E-state index in [0.29, 0.717) is 5.92 Å². The molecule has 158 valence electrons. The number of alkyl halides is 1. The van der Waals surface area contributed by atoms with Crippen LogP contribution in [-0.2, 0) is 0 Å². The second-order valence-corrected chi connectivity index (χ2v) is 11.3. The van der Waals surface area contributed by atoms with Crippen LogP contribution in [0, 0.1) is 5.92 Å². The third-order valence-corrected chi connectivity index (χ3v) is 8.50. The van der Waals surface area contributed by atoms with Crippen LogP contribution in [0.2, 0.25) is 0 Å². The summed E-state index contributed by atoms with van der Waals surface area (Å²) in [5.74, 6) is 0.459. The molecule has 0 spiro atoms. The van der Waals surface area contributed by atoms with Gasteiger partial charge in [0, 0.05) is 16.4 Å². The van der Waals surface area contributed by atoms with Gasteiger partial charge in [-0.1, -0.05) is 51.5 Å². The van der Waals surface area contributed by atoms with Gasteiger partial charge in [0.1, 0.15) is 0 Å². The van der Waals surface area contributed by atoms with Gasteiger partial charge in [0.05, 0.1) is 0 Å². The molecule has 2 nitrogen and oxygen atoms in total. The normalized spacial score (nSPS) is 16.0. The van der Waals surface area contributed by atoms with Crippen molar-refractivity contribution in [1.82, 2.24) is 10.6 Å². The van der Waals surface area contributed by atoms with Crippen molar-refractivity contribution in [1.29, 1.82) is 0 Å². The molecule has 0 fully saturated rings. The van der Waals surface area contributed by atoms with Crippen LogP contribution >= 0.6 is 20.7 Å². The molecular weight excluding hydrogens is 443 g/mol. The highest BCUT2D eigenvalue weighted by Crippen LogP contribution is 2.28. The molecule has 0 aromatic carbocycles. The number of rotatable bonds is 16. The molecule has 3 heteroatoms. The van der Waals surface area contributed by atoms with E-state index in [1.54, 1.807) is 9.08 Å². The third kappa shape index (κ3) is 12.0. The van der Waals surface area contributed by atoms with E-state index in [-0.39, 0.29) is 20.7 Å². The van der Waals surface area contributed by atoms with Crippen molar-refractivity contribution in [2.75, 3.05) is 26.7 Å². The van der Waals surface area contributed by atoms with Crippen LogP contribution in [-0.4, -0.2) is 34.1 Å². The second-order valence-electron chi connectivity index (χ2n) is 7.12. The maximum atomic E-state index is 4.21. The number of nitrogens with one attached hydrogen (secondary N) is 2. The maximum absolute atomic E-state index is 4.21. The maximum Gasteiger partial charge on any atom is 0.0184 e. The van der Waals surface area contributed by atoms with Crippen LogP contribution in [0.5, 0.6) is 0 Å². The lowest BCUT2D eigenvalue weighted by atomic mass is 9.87. The van der Waals surface area contributed by atoms with E-state index < -0.39 is 0 Å². The van der Waals surface area contributed by atoms with E-state index in [0.717, 1.165) is 42.8 Å². The lowest BCUT2D eigenvalue weighted by Gasteiger charge is -2.21. The van der Waals surface area contributed by atoms with Gasteiger partial charge in [0.15, 0.2) is 0 Å². The highest BCUT2D eigenvalue weighted by Gasteiger charge is 2.15. The highest BCUT2D eigenvalue weighted by atomic mass is 127. The van der Waals surface area contributed by atoms with Gasteiger partial charge in [-0.25, -0.2) is 0 Å². The zero-order chi connectivity index (χ0) is 20.5. The van der Waals surface area contributed by atoms with E-state index in [4.69, 9.17) is 0 Å². The Balaban J connectivity index is 5.45. The van der Waals surface area contributed by atoms with Crippen molar-refractivity contribution in [2.24, 2.45) is 5.92 Å². The molecule has 1 unspecified atom stereocenters. The predicted octanol–water partition coefficient (Wildman–Crippen LogP) is 6.40. The van der Waals surface area contributed by atoms with Crippen LogP contribution in [0.3, 0.4) is 0 Å². The fourth-order valence-corrected chi connectivity index (χ4v) is 6.56. The quantitative estimate of drug-likeness (QED) is 0.0864. The number of halogens is 1. The minimum atomic E-state index is 0.117. The Morgan fingerprint density at radius 3 is 2.41 bits per heavy atom. The molecular formula is C24H45IN2. The molecule has 27 heavy (non-hydrogen) atoms. The minimum Gasteiger partial charge on any atom is -0.319 e. The Morgan fingerprint density at radius 1 is 1.15 bits per heavy atom. The monoisotopic (exact) mass is 488 g/mol. The molecule has 0 radical (unpaired) electrons. The van der Waals surface area contributed by atoms with E-state index in [1.165, 1.54) is 24.8 Å². The molecule has 2 N–H and O–H groups in total. The molecule has 2 atom stereocenters. The Bertz CT molecular complexity index is 477. The zero-order valence-corrected chi connectivity index (χ0v) is 21.0. The molecule has 0 aliphatic carbocycles. The lowest BCUT2D eigenvalue weighted by molar-refractivity contribution is 0.655. The molecule has 0 bridgehead atoms. The predicted molar refractivity (Wildman–Crippen MR) is 136 cm³/mol. The SMILES string of the molecule is C=CC(CC(C)=I[C@H](CC)CNC)C(/C=C\CC)=C(/CC)CCNCCC. The van der Waals surface area contributed by atoms with Crippen molar-refractivity contribution >= 4 is 24.2 Å². The van der Waals surface area contributed by atoms with Gasteiger partial charge in [-0.05, 0) is 74.7 Å². The van der Waals surface area contributed by atoms with Crippen molar-refractivity contribution < 1.29 is 0 Å². The summed E-state index contributed by atoms with van der Waals surface area (Å²) in [5.41, 5.74) is 3.12. The first-order valence-corrected chi connectivity index (χ1v) is 13.2. The molecule has 0 saturated heterocycles. The first-order valence-electron chi connectivity index (χ1n) is 10.9. The van der Waals surface area contributed by atoms with Crippen LogP contribution in [0.15, 0.2) is 36.0 Å². The molecule has 0 rings (SSSR count). The standard InChI is InChI=1S/C24H45IN2/c1-8-13-14-24(21(10-3)15-17-27-16-9-2)22(11-4)18-20(6)25-23(12-5)19-26-7/h11,13-14,22-23,26-27H,4,8-10,12,15-19H2,1-3,5-7H3/b14-13-,24-21-/t22?,23-/m1/s1. The van der Waals surface area contributed by atoms with Gasteiger partial charge < -0.3 is 10.6 Å². The van der Waals surface area contributed by atoms with Crippen LogP contribution < -0.4 is 10.6 Å². The van der Waals surface area contributed by atoms with E-state index in [2.05, 4.69) is 77.1 Å². The fourth-order valence-electron chi connectivity index (χ4n) is 3.23. The summed E-state index contributed by atoms with van der Waals surface area (Å²) < 4.78 is 2.56. The molecule has 0 aromatic heterocycles. The Morgan fingerprint density at radius 2 is 1.89 bits per heavy atom. The lowest BCUT2D eigenvalue weighted by Crippen LogP contribution is -2.19. The van der Waals surface area contributed by atoms with E-state index >= 15 is 0 Å². The van der Waals surface area contributed by atoms with E-state index in [1.807, 2.05) is 0 Å². The summed E-state index contributed by atoms with van der Waals surface area (Å²) in [4.78, 5) is 0. The molecule has 0 aliphatic heterocycles. The topological polar surface area (TPSA) is 24.1 Å². The van der Waals surface area contributed by atoms with Gasteiger partial charge in [-0.3, -0.25) is 0 Å². The van der Waals surface area contributed by atoms with Crippen molar-refractivity contribution in [3.05, 3.63) is 36.0 Å². The first kappa shape index (κ1) is 26.7. The average Bonchev–Trinajstić information content (AvgIpc) is 2.67. The highest BCUT2D eigenvalue weighted by molar-refractivity contribution is 14.2. The summed E-state index contributed by atoms with van der Waals surface area (Å²) in [6.45, 7) is 19.0. The number of hydrogen-bond acceptors (Lipinski definition) is 2. The smallest absolute Gasteiger partial charge is 0.0184 e.